The maximum absolute atomic E-state index is 12.4. The Hall–Kier alpha value is -2.09. The van der Waals surface area contributed by atoms with Crippen molar-refractivity contribution in [2.75, 3.05) is 19.7 Å². The van der Waals surface area contributed by atoms with E-state index in [0.29, 0.717) is 12.8 Å². The summed E-state index contributed by atoms with van der Waals surface area (Å²) in [6.45, 7) is 0.0473. The fraction of sp³-hybridized carbons (Fsp3) is 0.500. The van der Waals surface area contributed by atoms with Crippen LogP contribution in [-0.2, 0) is 27.2 Å². The molecule has 1 aliphatic carbocycles. The van der Waals surface area contributed by atoms with Gasteiger partial charge in [0.05, 0.1) is 13.2 Å². The van der Waals surface area contributed by atoms with E-state index in [1.165, 1.54) is 0 Å². The molecular weight excluding hydrogens is 325 g/mol. The highest BCUT2D eigenvalue weighted by atomic mass is 19.4. The van der Waals surface area contributed by atoms with Crippen molar-refractivity contribution in [1.82, 2.24) is 10.6 Å². The summed E-state index contributed by atoms with van der Waals surface area (Å²) in [5, 5.41) is 4.59. The molecule has 1 aromatic rings. The van der Waals surface area contributed by atoms with Gasteiger partial charge in [-0.1, -0.05) is 24.3 Å². The number of fused-ring (bicyclic) bond motifs is 1. The molecule has 1 aromatic carbocycles. The first-order chi connectivity index (χ1) is 11.3. The summed E-state index contributed by atoms with van der Waals surface area (Å²) < 4.78 is 41.5. The third-order valence-electron chi connectivity index (χ3n) is 3.84. The Morgan fingerprint density at radius 2 is 1.79 bits per heavy atom. The van der Waals surface area contributed by atoms with Crippen molar-refractivity contribution in [1.29, 1.82) is 0 Å². The molecule has 8 heteroatoms. The molecule has 0 heterocycles. The van der Waals surface area contributed by atoms with Crippen LogP contribution < -0.4 is 10.6 Å². The standard InChI is InChI=1S/C16H19F3N2O3/c1-2-24-14(23)15(7-11-5-3-4-6-12(11)8-15)21-9-13(22)20-10-16(17,18)19/h3-6,21H,2,7-10H2,1H3,(H,20,22). The van der Waals surface area contributed by atoms with Crippen molar-refractivity contribution in [3.05, 3.63) is 35.4 Å². The van der Waals surface area contributed by atoms with Gasteiger partial charge in [-0.3, -0.25) is 14.9 Å². The van der Waals surface area contributed by atoms with Crippen molar-refractivity contribution < 1.29 is 27.5 Å². The van der Waals surface area contributed by atoms with E-state index in [1.807, 2.05) is 24.3 Å². The molecule has 1 amide bonds. The number of carbonyl (C=O) groups excluding carboxylic acids is 2. The van der Waals surface area contributed by atoms with Crippen molar-refractivity contribution in [2.45, 2.75) is 31.5 Å². The molecule has 5 nitrogen and oxygen atoms in total. The van der Waals surface area contributed by atoms with Crippen LogP contribution in [0, 0.1) is 0 Å². The second-order valence-electron chi connectivity index (χ2n) is 5.67. The molecule has 0 bridgehead atoms. The van der Waals surface area contributed by atoms with Gasteiger partial charge in [-0.15, -0.1) is 0 Å². The normalized spacial score (nSPS) is 15.7. The molecule has 0 saturated carbocycles. The quantitative estimate of drug-likeness (QED) is 0.765. The molecule has 1 aliphatic rings. The lowest BCUT2D eigenvalue weighted by atomic mass is 9.95. The van der Waals surface area contributed by atoms with Crippen LogP contribution in [0.15, 0.2) is 24.3 Å². The van der Waals surface area contributed by atoms with E-state index in [9.17, 15) is 22.8 Å². The summed E-state index contributed by atoms with van der Waals surface area (Å²) in [5.74, 6) is -1.34. The first-order valence-electron chi connectivity index (χ1n) is 7.58. The van der Waals surface area contributed by atoms with Gasteiger partial charge in [-0.25, -0.2) is 0 Å². The number of nitrogens with one attached hydrogen (secondary N) is 2. The third-order valence-corrected chi connectivity index (χ3v) is 3.84. The topological polar surface area (TPSA) is 67.4 Å². The minimum atomic E-state index is -4.47. The second kappa shape index (κ2) is 7.21. The van der Waals surface area contributed by atoms with Crippen molar-refractivity contribution >= 4 is 11.9 Å². The molecule has 24 heavy (non-hydrogen) atoms. The fourth-order valence-corrected chi connectivity index (χ4v) is 2.74. The van der Waals surface area contributed by atoms with Crippen LogP contribution in [0.5, 0.6) is 0 Å². The maximum atomic E-state index is 12.4. The molecule has 0 radical (unpaired) electrons. The number of benzene rings is 1. The van der Waals surface area contributed by atoms with Crippen molar-refractivity contribution in [3.8, 4) is 0 Å². The number of amides is 1. The van der Waals surface area contributed by atoms with Crippen LogP contribution in [0.25, 0.3) is 0 Å². The summed E-state index contributed by atoms with van der Waals surface area (Å²) >= 11 is 0. The average molecular weight is 344 g/mol. The van der Waals surface area contributed by atoms with Gasteiger partial charge in [0, 0.05) is 12.8 Å². The highest BCUT2D eigenvalue weighted by molar-refractivity contribution is 5.85. The van der Waals surface area contributed by atoms with Crippen LogP contribution in [-0.4, -0.2) is 43.3 Å². The van der Waals surface area contributed by atoms with E-state index in [2.05, 4.69) is 5.32 Å². The molecule has 2 N–H and O–H groups in total. The van der Waals surface area contributed by atoms with Gasteiger partial charge in [-0.2, -0.15) is 13.2 Å². The molecule has 0 aromatic heterocycles. The van der Waals surface area contributed by atoms with Gasteiger partial charge < -0.3 is 10.1 Å². The average Bonchev–Trinajstić information content (AvgIpc) is 2.90. The minimum absolute atomic E-state index is 0.179. The third kappa shape index (κ3) is 4.47. The summed E-state index contributed by atoms with van der Waals surface area (Å²) in [4.78, 5) is 24.0. The SMILES string of the molecule is CCOC(=O)C1(NCC(=O)NCC(F)(F)F)Cc2ccccc2C1. The molecule has 0 atom stereocenters. The monoisotopic (exact) mass is 344 g/mol. The van der Waals surface area contributed by atoms with Crippen LogP contribution in [0.3, 0.4) is 0 Å². The molecule has 0 fully saturated rings. The molecule has 0 saturated heterocycles. The molecule has 132 valence electrons. The van der Waals surface area contributed by atoms with Gasteiger partial charge in [0.15, 0.2) is 0 Å². The summed E-state index contributed by atoms with van der Waals surface area (Å²) in [6.07, 6.45) is -3.82. The zero-order valence-corrected chi connectivity index (χ0v) is 13.2. The number of rotatable bonds is 6. The first-order valence-corrected chi connectivity index (χ1v) is 7.58. The van der Waals surface area contributed by atoms with Crippen LogP contribution >= 0.6 is 0 Å². The van der Waals surface area contributed by atoms with Gasteiger partial charge in [0.2, 0.25) is 5.91 Å². The Kier molecular flexibility index (Phi) is 5.48. The highest BCUT2D eigenvalue weighted by Crippen LogP contribution is 2.31. The number of hydrogen-bond donors (Lipinski definition) is 2. The predicted molar refractivity (Wildman–Crippen MR) is 80.3 cm³/mol. The van der Waals surface area contributed by atoms with Gasteiger partial charge in [0.1, 0.15) is 12.1 Å². The Bertz CT molecular complexity index is 592. The van der Waals surface area contributed by atoms with Crippen molar-refractivity contribution in [2.24, 2.45) is 0 Å². The summed E-state index contributed by atoms with van der Waals surface area (Å²) in [5.41, 5.74) is 0.775. The van der Waals surface area contributed by atoms with Gasteiger partial charge >= 0.3 is 12.1 Å². The van der Waals surface area contributed by atoms with Gasteiger partial charge in [-0.05, 0) is 18.1 Å². The Balaban J connectivity index is 2.04. The highest BCUT2D eigenvalue weighted by Gasteiger charge is 2.45. The predicted octanol–water partition coefficient (Wildman–Crippen LogP) is 1.36. The molecule has 0 aliphatic heterocycles. The van der Waals surface area contributed by atoms with E-state index < -0.39 is 36.7 Å². The number of ether oxygens (including phenoxy) is 1. The number of esters is 1. The number of hydrogen-bond acceptors (Lipinski definition) is 4. The maximum Gasteiger partial charge on any atom is 0.405 e. The number of carbonyl (C=O) groups is 2. The van der Waals surface area contributed by atoms with E-state index in [0.717, 1.165) is 11.1 Å². The lowest BCUT2D eigenvalue weighted by Gasteiger charge is -2.27. The lowest BCUT2D eigenvalue weighted by Crippen LogP contribution is -2.56. The van der Waals surface area contributed by atoms with Crippen LogP contribution in [0.4, 0.5) is 13.2 Å². The zero-order valence-electron chi connectivity index (χ0n) is 13.2. The van der Waals surface area contributed by atoms with Crippen LogP contribution in [0.2, 0.25) is 0 Å². The molecular formula is C16H19F3N2O3. The first kappa shape index (κ1) is 18.3. The largest absolute Gasteiger partial charge is 0.465 e. The van der Waals surface area contributed by atoms with E-state index in [4.69, 9.17) is 4.74 Å². The minimum Gasteiger partial charge on any atom is -0.465 e. The lowest BCUT2D eigenvalue weighted by molar-refractivity contribution is -0.151. The summed E-state index contributed by atoms with van der Waals surface area (Å²) in [7, 11) is 0. The van der Waals surface area contributed by atoms with E-state index in [-0.39, 0.29) is 6.61 Å². The number of alkyl halides is 3. The molecule has 0 unspecified atom stereocenters. The molecule has 0 spiro atoms. The van der Waals surface area contributed by atoms with Crippen molar-refractivity contribution in [3.63, 3.8) is 0 Å². The second-order valence-corrected chi connectivity index (χ2v) is 5.67. The zero-order chi connectivity index (χ0) is 17.8. The van der Waals surface area contributed by atoms with E-state index in [1.54, 1.807) is 12.2 Å². The van der Waals surface area contributed by atoms with Gasteiger partial charge in [0.25, 0.3) is 0 Å². The molecule has 2 rings (SSSR count). The smallest absolute Gasteiger partial charge is 0.405 e. The van der Waals surface area contributed by atoms with E-state index >= 15 is 0 Å². The number of halogens is 3. The Morgan fingerprint density at radius 1 is 1.21 bits per heavy atom. The Morgan fingerprint density at radius 3 is 2.29 bits per heavy atom. The fourth-order valence-electron chi connectivity index (χ4n) is 2.74. The van der Waals surface area contributed by atoms with Crippen LogP contribution in [0.1, 0.15) is 18.1 Å². The summed E-state index contributed by atoms with van der Waals surface area (Å²) in [6, 6.07) is 7.44. The Labute approximate surface area is 137 Å².